The van der Waals surface area contributed by atoms with Gasteiger partial charge in [-0.25, -0.2) is 9.36 Å². The van der Waals surface area contributed by atoms with Gasteiger partial charge in [-0.3, -0.25) is 4.79 Å². The Hall–Kier alpha value is -1.37. The topological polar surface area (TPSA) is 65.6 Å². The van der Waals surface area contributed by atoms with Crippen molar-refractivity contribution in [1.29, 1.82) is 0 Å². The molecule has 0 radical (unpaired) electrons. The number of hydrogen-bond donors (Lipinski definition) is 0. The molecule has 0 N–H and O–H groups in total. The molecule has 0 saturated heterocycles. The number of aromatic nitrogens is 5. The Bertz CT molecular complexity index is 585. The van der Waals surface area contributed by atoms with E-state index in [4.69, 9.17) is 0 Å². The van der Waals surface area contributed by atoms with Gasteiger partial charge in [-0.2, -0.15) is 5.10 Å². The van der Waals surface area contributed by atoms with Gasteiger partial charge in [0.15, 0.2) is 5.52 Å². The quantitative estimate of drug-likeness (QED) is 0.767. The van der Waals surface area contributed by atoms with Gasteiger partial charge < -0.3 is 0 Å². The molecule has 16 heavy (non-hydrogen) atoms. The Morgan fingerprint density at radius 1 is 1.44 bits per heavy atom. The zero-order valence-corrected chi connectivity index (χ0v) is 10.4. The van der Waals surface area contributed by atoms with Gasteiger partial charge in [-0.1, -0.05) is 5.21 Å². The minimum atomic E-state index is -0.379. The van der Waals surface area contributed by atoms with E-state index in [1.165, 1.54) is 9.36 Å². The Kier molecular flexibility index (Phi) is 2.49. The molecule has 0 spiro atoms. The first kappa shape index (κ1) is 11.1. The second kappa shape index (κ2) is 3.58. The van der Waals surface area contributed by atoms with Crippen LogP contribution in [-0.2, 0) is 11.9 Å². The molecule has 7 heteroatoms. The van der Waals surface area contributed by atoms with Crippen LogP contribution in [0.4, 0.5) is 0 Å². The SMILES string of the molecule is CSC(C)(C)n1ncc2nnn(C)c2c1=O. The lowest BCUT2D eigenvalue weighted by Gasteiger charge is -2.23. The van der Waals surface area contributed by atoms with Crippen LogP contribution in [0.3, 0.4) is 0 Å². The van der Waals surface area contributed by atoms with E-state index in [-0.39, 0.29) is 10.4 Å². The van der Waals surface area contributed by atoms with E-state index in [0.717, 1.165) is 0 Å². The summed E-state index contributed by atoms with van der Waals surface area (Å²) in [6.45, 7) is 3.89. The van der Waals surface area contributed by atoms with Crippen molar-refractivity contribution in [2.24, 2.45) is 7.05 Å². The first-order chi connectivity index (χ1) is 7.47. The summed E-state index contributed by atoms with van der Waals surface area (Å²) in [6, 6.07) is 0. The first-order valence-corrected chi connectivity index (χ1v) is 6.03. The molecule has 0 atom stereocenters. The smallest absolute Gasteiger partial charge is 0.265 e. The highest BCUT2D eigenvalue weighted by Crippen LogP contribution is 2.24. The molecule has 0 bridgehead atoms. The molecule has 2 aromatic heterocycles. The fourth-order valence-corrected chi connectivity index (χ4v) is 1.75. The van der Waals surface area contributed by atoms with E-state index in [0.29, 0.717) is 11.0 Å². The second-order valence-electron chi connectivity index (χ2n) is 3.96. The maximum Gasteiger partial charge on any atom is 0.295 e. The lowest BCUT2D eigenvalue weighted by Crippen LogP contribution is -2.36. The summed E-state index contributed by atoms with van der Waals surface area (Å²) < 4.78 is 2.94. The van der Waals surface area contributed by atoms with Gasteiger partial charge in [0.25, 0.3) is 5.56 Å². The minimum absolute atomic E-state index is 0.163. The summed E-state index contributed by atoms with van der Waals surface area (Å²) in [5.74, 6) is 0. The van der Waals surface area contributed by atoms with E-state index < -0.39 is 0 Å². The van der Waals surface area contributed by atoms with Crippen molar-refractivity contribution in [3.05, 3.63) is 16.6 Å². The lowest BCUT2D eigenvalue weighted by atomic mass is 10.3. The summed E-state index contributed by atoms with van der Waals surface area (Å²) in [5.41, 5.74) is 0.849. The van der Waals surface area contributed by atoms with Crippen LogP contribution in [0.25, 0.3) is 11.0 Å². The van der Waals surface area contributed by atoms with Gasteiger partial charge in [0.1, 0.15) is 10.4 Å². The number of aryl methyl sites for hydroxylation is 1. The highest BCUT2D eigenvalue weighted by Gasteiger charge is 2.23. The van der Waals surface area contributed by atoms with Crippen LogP contribution in [0, 0.1) is 0 Å². The normalized spacial score (nSPS) is 12.2. The van der Waals surface area contributed by atoms with Crippen molar-refractivity contribution in [3.8, 4) is 0 Å². The van der Waals surface area contributed by atoms with Gasteiger partial charge in [0, 0.05) is 7.05 Å². The molecule has 0 aliphatic heterocycles. The van der Waals surface area contributed by atoms with E-state index in [2.05, 4.69) is 15.4 Å². The number of rotatable bonds is 2. The van der Waals surface area contributed by atoms with Crippen molar-refractivity contribution >= 4 is 22.8 Å². The Morgan fingerprint density at radius 2 is 2.12 bits per heavy atom. The monoisotopic (exact) mass is 239 g/mol. The summed E-state index contributed by atoms with van der Waals surface area (Å²) >= 11 is 1.56. The summed E-state index contributed by atoms with van der Waals surface area (Å²) in [7, 11) is 1.70. The van der Waals surface area contributed by atoms with Crippen LogP contribution in [0.1, 0.15) is 13.8 Å². The minimum Gasteiger partial charge on any atom is -0.265 e. The third kappa shape index (κ3) is 1.51. The van der Waals surface area contributed by atoms with E-state index >= 15 is 0 Å². The van der Waals surface area contributed by atoms with Gasteiger partial charge in [-0.05, 0) is 20.1 Å². The Labute approximate surface area is 96.6 Å². The Morgan fingerprint density at radius 3 is 2.75 bits per heavy atom. The molecule has 0 saturated carbocycles. The zero-order valence-electron chi connectivity index (χ0n) is 9.63. The molecular weight excluding hydrogens is 226 g/mol. The average molecular weight is 239 g/mol. The number of hydrogen-bond acceptors (Lipinski definition) is 5. The van der Waals surface area contributed by atoms with Gasteiger partial charge in [0.05, 0.1) is 6.20 Å². The van der Waals surface area contributed by atoms with Crippen molar-refractivity contribution in [3.63, 3.8) is 0 Å². The fraction of sp³-hybridized carbons (Fsp3) is 0.556. The molecule has 86 valence electrons. The molecule has 0 amide bonds. The molecule has 0 aliphatic rings. The largest absolute Gasteiger partial charge is 0.295 e. The fourth-order valence-electron chi connectivity index (χ4n) is 1.44. The molecule has 0 unspecified atom stereocenters. The molecule has 0 fully saturated rings. The van der Waals surface area contributed by atoms with E-state index in [1.54, 1.807) is 25.0 Å². The van der Waals surface area contributed by atoms with Crippen LogP contribution >= 0.6 is 11.8 Å². The number of fused-ring (bicyclic) bond motifs is 1. The summed E-state index contributed by atoms with van der Waals surface area (Å²) in [6.07, 6.45) is 3.52. The van der Waals surface area contributed by atoms with E-state index in [1.807, 2.05) is 20.1 Å². The predicted octanol–water partition coefficient (Wildman–Crippen LogP) is 0.581. The van der Waals surface area contributed by atoms with Crippen LogP contribution in [0.2, 0.25) is 0 Å². The molecule has 0 aromatic carbocycles. The van der Waals surface area contributed by atoms with Gasteiger partial charge in [0.2, 0.25) is 0 Å². The van der Waals surface area contributed by atoms with Crippen LogP contribution < -0.4 is 5.56 Å². The van der Waals surface area contributed by atoms with E-state index in [9.17, 15) is 4.79 Å². The third-order valence-electron chi connectivity index (χ3n) is 2.55. The highest BCUT2D eigenvalue weighted by atomic mass is 32.2. The summed E-state index contributed by atoms with van der Waals surface area (Å²) in [5, 5.41) is 11.8. The molecule has 2 heterocycles. The Balaban J connectivity index is 2.79. The van der Waals surface area contributed by atoms with Crippen LogP contribution in [0.5, 0.6) is 0 Å². The molecule has 2 aromatic rings. The van der Waals surface area contributed by atoms with Crippen LogP contribution in [0.15, 0.2) is 11.0 Å². The van der Waals surface area contributed by atoms with Crippen molar-refractivity contribution in [2.75, 3.05) is 6.26 Å². The number of thioether (sulfide) groups is 1. The van der Waals surface area contributed by atoms with Crippen molar-refractivity contribution in [1.82, 2.24) is 24.8 Å². The molecule has 0 aliphatic carbocycles. The highest BCUT2D eigenvalue weighted by molar-refractivity contribution is 7.99. The van der Waals surface area contributed by atoms with Crippen molar-refractivity contribution < 1.29 is 0 Å². The number of nitrogens with zero attached hydrogens (tertiary/aromatic N) is 5. The van der Waals surface area contributed by atoms with Gasteiger partial charge in [-0.15, -0.1) is 16.9 Å². The van der Waals surface area contributed by atoms with Gasteiger partial charge >= 0.3 is 0 Å². The molecule has 6 nitrogen and oxygen atoms in total. The van der Waals surface area contributed by atoms with Crippen LogP contribution in [-0.4, -0.2) is 31.0 Å². The summed E-state index contributed by atoms with van der Waals surface area (Å²) in [4.78, 5) is 11.8. The first-order valence-electron chi connectivity index (χ1n) is 4.81. The van der Waals surface area contributed by atoms with Crippen molar-refractivity contribution in [2.45, 2.75) is 18.7 Å². The molecular formula is C9H13N5OS. The maximum absolute atomic E-state index is 12.2. The standard InChI is InChI=1S/C9H13N5OS/c1-9(2,16-4)14-8(15)7-6(5-10-14)11-12-13(7)3/h5H,1-4H3. The molecule has 2 rings (SSSR count). The zero-order chi connectivity index (χ0) is 11.9. The lowest BCUT2D eigenvalue weighted by molar-refractivity contribution is 0.456. The second-order valence-corrected chi connectivity index (χ2v) is 5.37. The third-order valence-corrected chi connectivity index (χ3v) is 3.72. The maximum atomic E-state index is 12.2. The average Bonchev–Trinajstić information content (AvgIpc) is 2.61. The predicted molar refractivity (Wildman–Crippen MR) is 63.4 cm³/mol.